The van der Waals surface area contributed by atoms with Crippen molar-refractivity contribution < 1.29 is 14.4 Å². The van der Waals surface area contributed by atoms with Crippen LogP contribution in [0.1, 0.15) is 47.4 Å². The lowest BCUT2D eigenvalue weighted by Crippen LogP contribution is -2.48. The molecule has 3 atom stereocenters. The van der Waals surface area contributed by atoms with Gasteiger partial charge in [-0.1, -0.05) is 91.0 Å². The van der Waals surface area contributed by atoms with E-state index < -0.39 is 23.4 Å². The molecule has 1 fully saturated rings. The molecule has 1 saturated heterocycles. The van der Waals surface area contributed by atoms with E-state index in [1.807, 2.05) is 84.3 Å². The molecule has 0 bridgehead atoms. The second kappa shape index (κ2) is 7.70. The number of anilines is 1. The summed E-state index contributed by atoms with van der Waals surface area (Å²) in [5.74, 6) is -1.11. The zero-order chi connectivity index (χ0) is 24.4. The Bertz CT molecular complexity index is 1540. The monoisotopic (exact) mass is 487 g/mol. The van der Waals surface area contributed by atoms with Crippen molar-refractivity contribution >= 4 is 40.4 Å². The number of fused-ring (bicyclic) bond motifs is 5. The average molecular weight is 488 g/mol. The highest BCUT2D eigenvalue weighted by atomic mass is 32.1. The maximum absolute atomic E-state index is 14.4. The van der Waals surface area contributed by atoms with E-state index in [1.165, 1.54) is 11.3 Å². The first-order valence-corrected chi connectivity index (χ1v) is 12.9. The Morgan fingerprint density at radius 2 is 1.44 bits per heavy atom. The molecular formula is C31H21NO3S. The van der Waals surface area contributed by atoms with Gasteiger partial charge in [-0.05, 0) is 28.6 Å². The Labute approximate surface area is 212 Å². The summed E-state index contributed by atoms with van der Waals surface area (Å²) in [7, 11) is 0. The van der Waals surface area contributed by atoms with Crippen molar-refractivity contribution in [3.63, 3.8) is 0 Å². The van der Waals surface area contributed by atoms with Crippen LogP contribution in [0.15, 0.2) is 102 Å². The molecule has 4 aromatic rings. The molecular weight excluding hydrogens is 466 g/mol. The number of benzene rings is 3. The number of rotatable bonds is 3. The lowest BCUT2D eigenvalue weighted by Gasteiger charge is -2.37. The van der Waals surface area contributed by atoms with E-state index in [2.05, 4.69) is 4.90 Å². The Kier molecular flexibility index (Phi) is 4.54. The van der Waals surface area contributed by atoms with Gasteiger partial charge in [0.15, 0.2) is 17.3 Å². The van der Waals surface area contributed by atoms with Crippen LogP contribution in [-0.2, 0) is 0 Å². The lowest BCUT2D eigenvalue weighted by molar-refractivity contribution is 0.0666. The minimum Gasteiger partial charge on any atom is -0.352 e. The molecule has 0 radical (unpaired) electrons. The van der Waals surface area contributed by atoms with Gasteiger partial charge in [0.25, 0.3) is 0 Å². The first kappa shape index (κ1) is 21.2. The van der Waals surface area contributed by atoms with Gasteiger partial charge in [0.2, 0.25) is 0 Å². The van der Waals surface area contributed by atoms with Crippen molar-refractivity contribution in [1.29, 1.82) is 0 Å². The van der Waals surface area contributed by atoms with Gasteiger partial charge in [-0.2, -0.15) is 0 Å². The van der Waals surface area contributed by atoms with Crippen LogP contribution in [0.25, 0.3) is 6.08 Å². The third-order valence-corrected chi connectivity index (χ3v) is 8.79. The number of thiophene rings is 1. The van der Waals surface area contributed by atoms with Crippen LogP contribution in [0.2, 0.25) is 0 Å². The first-order valence-electron chi connectivity index (χ1n) is 12.0. The number of hydrogen-bond donors (Lipinski definition) is 0. The van der Waals surface area contributed by atoms with Crippen molar-refractivity contribution in [2.75, 3.05) is 4.90 Å². The highest BCUT2D eigenvalue weighted by Gasteiger charge is 2.71. The van der Waals surface area contributed by atoms with E-state index in [1.54, 1.807) is 24.3 Å². The largest absolute Gasteiger partial charge is 0.352 e. The standard InChI is InChI=1S/C31H21NO3S/c33-28(24-15-8-18-36-24)27-26(20-10-2-1-3-11-20)31(29(34)21-12-5-6-13-22(21)30(31)35)25-17-16-19-9-4-7-14-23(19)32(25)27/h1-18,25-27H. The number of carbonyl (C=O) groups is 3. The summed E-state index contributed by atoms with van der Waals surface area (Å²) in [6.45, 7) is 0. The van der Waals surface area contributed by atoms with Gasteiger partial charge in [0.05, 0.1) is 10.9 Å². The lowest BCUT2D eigenvalue weighted by atomic mass is 9.64. The maximum atomic E-state index is 14.4. The van der Waals surface area contributed by atoms with Gasteiger partial charge < -0.3 is 4.90 Å². The molecule has 36 heavy (non-hydrogen) atoms. The fourth-order valence-electron chi connectivity index (χ4n) is 6.52. The Balaban J connectivity index is 1.56. The molecule has 0 N–H and O–H groups in total. The van der Waals surface area contributed by atoms with Crippen LogP contribution in [0.5, 0.6) is 0 Å². The summed E-state index contributed by atoms with van der Waals surface area (Å²) in [4.78, 5) is 45.9. The number of carbonyl (C=O) groups excluding carboxylic acids is 3. The third kappa shape index (κ3) is 2.61. The van der Waals surface area contributed by atoms with Crippen LogP contribution in [0.4, 0.5) is 5.69 Å². The van der Waals surface area contributed by atoms with Crippen molar-refractivity contribution in [3.05, 3.63) is 130 Å². The van der Waals surface area contributed by atoms with Crippen molar-refractivity contribution in [3.8, 4) is 0 Å². The fraction of sp³-hybridized carbons (Fsp3) is 0.129. The van der Waals surface area contributed by atoms with Gasteiger partial charge in [-0.15, -0.1) is 11.3 Å². The highest BCUT2D eigenvalue weighted by molar-refractivity contribution is 7.12. The molecule has 174 valence electrons. The zero-order valence-corrected chi connectivity index (χ0v) is 20.0. The molecule has 0 saturated carbocycles. The molecule has 0 amide bonds. The Hall–Kier alpha value is -4.09. The van der Waals surface area contributed by atoms with Gasteiger partial charge >= 0.3 is 0 Å². The molecule has 1 aliphatic carbocycles. The predicted octanol–water partition coefficient (Wildman–Crippen LogP) is 6.06. The summed E-state index contributed by atoms with van der Waals surface area (Å²) in [5.41, 5.74) is 2.11. The van der Waals surface area contributed by atoms with Gasteiger partial charge in [0, 0.05) is 22.7 Å². The van der Waals surface area contributed by atoms with Crippen molar-refractivity contribution in [2.24, 2.45) is 5.41 Å². The normalized spacial score (nSPS) is 23.0. The molecule has 3 aromatic carbocycles. The zero-order valence-electron chi connectivity index (χ0n) is 19.2. The van der Waals surface area contributed by atoms with E-state index in [9.17, 15) is 14.4 Å². The van der Waals surface area contributed by atoms with E-state index in [4.69, 9.17) is 0 Å². The molecule has 3 unspecified atom stereocenters. The highest BCUT2D eigenvalue weighted by Crippen LogP contribution is 2.60. The number of ketones is 3. The van der Waals surface area contributed by atoms with Crippen molar-refractivity contribution in [2.45, 2.75) is 18.0 Å². The van der Waals surface area contributed by atoms with Crippen LogP contribution in [0.3, 0.4) is 0 Å². The minimum absolute atomic E-state index is 0.0672. The Morgan fingerprint density at radius 1 is 0.778 bits per heavy atom. The first-order chi connectivity index (χ1) is 17.6. The van der Waals surface area contributed by atoms with Crippen LogP contribution in [0, 0.1) is 5.41 Å². The average Bonchev–Trinajstić information content (AvgIpc) is 3.63. The van der Waals surface area contributed by atoms with Gasteiger partial charge in [0.1, 0.15) is 11.5 Å². The van der Waals surface area contributed by atoms with E-state index in [0.717, 1.165) is 16.8 Å². The molecule has 5 heteroatoms. The van der Waals surface area contributed by atoms with E-state index in [-0.39, 0.29) is 17.3 Å². The number of para-hydroxylation sites is 1. The number of Topliss-reactive ketones (excluding diaryl/α,β-unsaturated/α-hetero) is 3. The Morgan fingerprint density at radius 3 is 2.14 bits per heavy atom. The van der Waals surface area contributed by atoms with E-state index >= 15 is 0 Å². The summed E-state index contributed by atoms with van der Waals surface area (Å²) in [5, 5.41) is 1.89. The SMILES string of the molecule is O=C(c1cccs1)C1C(c2ccccc2)C2(C(=O)c3ccccc3C2=O)C2C=Cc3ccccc3N12. The second-order valence-corrected chi connectivity index (χ2v) is 10.5. The van der Waals surface area contributed by atoms with Gasteiger partial charge in [-0.3, -0.25) is 14.4 Å². The molecule has 3 aliphatic rings. The summed E-state index contributed by atoms with van der Waals surface area (Å²) in [6.07, 6.45) is 3.95. The molecule has 3 heterocycles. The third-order valence-electron chi connectivity index (χ3n) is 7.90. The van der Waals surface area contributed by atoms with Gasteiger partial charge in [-0.25, -0.2) is 0 Å². The predicted molar refractivity (Wildman–Crippen MR) is 141 cm³/mol. The molecule has 4 nitrogen and oxygen atoms in total. The fourth-order valence-corrected chi connectivity index (χ4v) is 7.21. The maximum Gasteiger partial charge on any atom is 0.195 e. The smallest absolute Gasteiger partial charge is 0.195 e. The van der Waals surface area contributed by atoms with Crippen LogP contribution < -0.4 is 4.90 Å². The summed E-state index contributed by atoms with van der Waals surface area (Å²) >= 11 is 1.39. The van der Waals surface area contributed by atoms with Crippen LogP contribution >= 0.6 is 11.3 Å². The molecule has 7 rings (SSSR count). The molecule has 1 spiro atoms. The topological polar surface area (TPSA) is 54.5 Å². The minimum atomic E-state index is -1.44. The number of hydrogen-bond acceptors (Lipinski definition) is 5. The quantitative estimate of drug-likeness (QED) is 0.260. The van der Waals surface area contributed by atoms with Crippen LogP contribution in [-0.4, -0.2) is 29.4 Å². The molecule has 1 aromatic heterocycles. The summed E-state index contributed by atoms with van der Waals surface area (Å²) < 4.78 is 0. The van der Waals surface area contributed by atoms with E-state index in [0.29, 0.717) is 16.0 Å². The van der Waals surface area contributed by atoms with Crippen molar-refractivity contribution in [1.82, 2.24) is 0 Å². The molecule has 2 aliphatic heterocycles. The second-order valence-electron chi connectivity index (χ2n) is 9.52. The summed E-state index contributed by atoms with van der Waals surface area (Å²) in [6, 6.07) is 27.0. The number of nitrogens with zero attached hydrogens (tertiary/aromatic N) is 1.